The molecule has 1 heterocycles. The van der Waals surface area contributed by atoms with E-state index in [0.717, 1.165) is 21.9 Å². The molecular formula is C7H4NS2. The Morgan fingerprint density at radius 1 is 1.70 bits per heavy atom. The van der Waals surface area contributed by atoms with E-state index in [0.29, 0.717) is 0 Å². The molecule has 3 heteroatoms. The van der Waals surface area contributed by atoms with Crippen molar-refractivity contribution in [2.24, 2.45) is 0 Å². The van der Waals surface area contributed by atoms with Crippen LogP contribution in [0.15, 0.2) is 6.08 Å². The Kier molecular flexibility index (Phi) is 1.39. The van der Waals surface area contributed by atoms with Gasteiger partial charge in [-0.3, -0.25) is 0 Å². The van der Waals surface area contributed by atoms with E-state index in [1.807, 2.05) is 0 Å². The number of hydrogen-bond acceptors (Lipinski definition) is 3. The van der Waals surface area contributed by atoms with Crippen molar-refractivity contribution in [1.29, 1.82) is 0 Å². The van der Waals surface area contributed by atoms with Gasteiger partial charge in [0.1, 0.15) is 0 Å². The van der Waals surface area contributed by atoms with Gasteiger partial charge in [-0.25, -0.2) is 4.98 Å². The van der Waals surface area contributed by atoms with Crippen molar-refractivity contribution in [2.45, 2.75) is 6.42 Å². The van der Waals surface area contributed by atoms with Crippen LogP contribution < -0.4 is 0 Å². The second kappa shape index (κ2) is 2.25. The number of nitrogens with zero attached hydrogens (tertiary/aromatic N) is 1. The standard InChI is InChI=1S/C7H4NS2/c9-5-2-1-3-6-7(5)8-4-10-6/h1,3H,2H2. The maximum atomic E-state index is 5.09. The highest BCUT2D eigenvalue weighted by Crippen LogP contribution is 2.21. The molecule has 0 fully saturated rings. The van der Waals surface area contributed by atoms with Crippen molar-refractivity contribution < 1.29 is 0 Å². The van der Waals surface area contributed by atoms with Crippen LogP contribution in [0.4, 0.5) is 0 Å². The van der Waals surface area contributed by atoms with Crippen LogP contribution in [0.5, 0.6) is 0 Å². The second-order valence-corrected chi connectivity index (χ2v) is 3.37. The fourth-order valence-electron chi connectivity index (χ4n) is 0.903. The third kappa shape index (κ3) is 0.822. The van der Waals surface area contributed by atoms with Crippen LogP contribution in [0.3, 0.4) is 0 Å². The minimum absolute atomic E-state index is 0.861. The summed E-state index contributed by atoms with van der Waals surface area (Å²) in [5, 5.41) is 0. The number of rotatable bonds is 0. The highest BCUT2D eigenvalue weighted by atomic mass is 32.1. The predicted octanol–water partition coefficient (Wildman–Crippen LogP) is 2.08. The number of thiocarbonyl (C=S) groups is 1. The average Bonchev–Trinajstić information content (AvgIpc) is 2.36. The van der Waals surface area contributed by atoms with Gasteiger partial charge in [-0.1, -0.05) is 18.3 Å². The molecule has 0 unspecified atom stereocenters. The molecule has 1 radical (unpaired) electrons. The molecule has 1 aliphatic carbocycles. The Labute approximate surface area is 68.4 Å². The first-order valence-electron chi connectivity index (χ1n) is 2.94. The summed E-state index contributed by atoms with van der Waals surface area (Å²) in [6.45, 7) is 0. The van der Waals surface area contributed by atoms with Gasteiger partial charge in [0.25, 0.3) is 0 Å². The summed E-state index contributed by atoms with van der Waals surface area (Å²) in [5.74, 6) is 0. The Morgan fingerprint density at radius 2 is 2.60 bits per heavy atom. The molecule has 49 valence electrons. The van der Waals surface area contributed by atoms with Crippen LogP contribution in [0.1, 0.15) is 17.0 Å². The van der Waals surface area contributed by atoms with E-state index in [4.69, 9.17) is 12.2 Å². The van der Waals surface area contributed by atoms with Gasteiger partial charge in [-0.2, -0.15) is 0 Å². The van der Waals surface area contributed by atoms with E-state index in [2.05, 4.69) is 22.6 Å². The lowest BCUT2D eigenvalue weighted by Gasteiger charge is -2.02. The molecule has 0 atom stereocenters. The molecule has 1 aromatic rings. The second-order valence-electron chi connectivity index (χ2n) is 2.05. The van der Waals surface area contributed by atoms with Crippen LogP contribution in [0, 0.1) is 5.51 Å². The van der Waals surface area contributed by atoms with Crippen molar-refractivity contribution in [3.8, 4) is 0 Å². The van der Waals surface area contributed by atoms with Gasteiger partial charge in [-0.15, -0.1) is 11.3 Å². The normalized spacial score (nSPS) is 15.4. The number of fused-ring (bicyclic) bond motifs is 1. The zero-order valence-corrected chi connectivity index (χ0v) is 6.76. The molecular weight excluding hydrogens is 162 g/mol. The zero-order valence-electron chi connectivity index (χ0n) is 5.13. The fourth-order valence-corrected chi connectivity index (χ4v) is 1.88. The Bertz CT molecular complexity index is 298. The minimum atomic E-state index is 0.861. The van der Waals surface area contributed by atoms with Crippen LogP contribution >= 0.6 is 23.6 Å². The van der Waals surface area contributed by atoms with E-state index in [1.54, 1.807) is 0 Å². The lowest BCUT2D eigenvalue weighted by atomic mass is 10.1. The molecule has 0 aromatic carbocycles. The lowest BCUT2D eigenvalue weighted by molar-refractivity contribution is 1.33. The molecule has 0 amide bonds. The Morgan fingerprint density at radius 3 is 3.40 bits per heavy atom. The number of aromatic nitrogens is 1. The lowest BCUT2D eigenvalue weighted by Crippen LogP contribution is -2.00. The van der Waals surface area contributed by atoms with Gasteiger partial charge < -0.3 is 0 Å². The molecule has 0 spiro atoms. The molecule has 0 N–H and O–H groups in total. The van der Waals surface area contributed by atoms with Crippen LogP contribution in [0.25, 0.3) is 6.08 Å². The maximum Gasteiger partial charge on any atom is 0.153 e. The number of allylic oxidation sites excluding steroid dienone is 1. The zero-order chi connectivity index (χ0) is 6.97. The van der Waals surface area contributed by atoms with Crippen LogP contribution in [0.2, 0.25) is 0 Å². The number of hydrogen-bond donors (Lipinski definition) is 0. The fraction of sp³-hybridized carbons (Fsp3) is 0.143. The van der Waals surface area contributed by atoms with E-state index in [-0.39, 0.29) is 0 Å². The van der Waals surface area contributed by atoms with Gasteiger partial charge in [0.15, 0.2) is 5.51 Å². The first-order chi connectivity index (χ1) is 4.88. The molecule has 10 heavy (non-hydrogen) atoms. The van der Waals surface area contributed by atoms with Crippen molar-refractivity contribution in [1.82, 2.24) is 4.98 Å². The van der Waals surface area contributed by atoms with Gasteiger partial charge >= 0.3 is 0 Å². The van der Waals surface area contributed by atoms with Crippen molar-refractivity contribution >= 4 is 34.5 Å². The van der Waals surface area contributed by atoms with Crippen molar-refractivity contribution in [3.63, 3.8) is 0 Å². The summed E-state index contributed by atoms with van der Waals surface area (Å²) in [7, 11) is 0. The van der Waals surface area contributed by atoms with Gasteiger partial charge in [0.2, 0.25) is 0 Å². The smallest absolute Gasteiger partial charge is 0.153 e. The molecule has 0 saturated heterocycles. The van der Waals surface area contributed by atoms with Gasteiger partial charge in [0, 0.05) is 11.3 Å². The summed E-state index contributed by atoms with van der Waals surface area (Å²) in [6, 6.07) is 0. The number of thiazole rings is 1. The van der Waals surface area contributed by atoms with E-state index >= 15 is 0 Å². The molecule has 2 rings (SSSR count). The van der Waals surface area contributed by atoms with Crippen LogP contribution in [-0.4, -0.2) is 9.85 Å². The van der Waals surface area contributed by atoms with Gasteiger partial charge in [0.05, 0.1) is 10.6 Å². The largest absolute Gasteiger partial charge is 0.232 e. The molecule has 1 aromatic heterocycles. The van der Waals surface area contributed by atoms with E-state index in [9.17, 15) is 0 Å². The summed E-state index contributed by atoms with van der Waals surface area (Å²) in [5.41, 5.74) is 3.78. The first-order valence-corrected chi connectivity index (χ1v) is 4.17. The molecule has 0 bridgehead atoms. The van der Waals surface area contributed by atoms with Gasteiger partial charge in [-0.05, 0) is 6.08 Å². The van der Waals surface area contributed by atoms with Crippen molar-refractivity contribution in [2.75, 3.05) is 0 Å². The summed E-state index contributed by atoms with van der Waals surface area (Å²) < 4.78 is 0. The topological polar surface area (TPSA) is 12.9 Å². The highest BCUT2D eigenvalue weighted by molar-refractivity contribution is 7.80. The summed E-state index contributed by atoms with van der Waals surface area (Å²) in [4.78, 5) is 6.13. The average molecular weight is 166 g/mol. The monoisotopic (exact) mass is 166 g/mol. The van der Waals surface area contributed by atoms with Crippen LogP contribution in [-0.2, 0) is 0 Å². The highest BCUT2D eigenvalue weighted by Gasteiger charge is 2.11. The third-order valence-corrected chi connectivity index (χ3v) is 2.47. The molecule has 0 saturated carbocycles. The molecule has 1 nitrogen and oxygen atoms in total. The molecule has 1 aliphatic rings. The minimum Gasteiger partial charge on any atom is -0.232 e. The quantitative estimate of drug-likeness (QED) is 0.547. The Balaban J connectivity index is 2.62. The summed E-state index contributed by atoms with van der Waals surface area (Å²) >= 11 is 6.61. The Hall–Kier alpha value is -0.540. The first kappa shape index (κ1) is 6.19. The van der Waals surface area contributed by atoms with Crippen molar-refractivity contribution in [3.05, 3.63) is 22.2 Å². The van der Waals surface area contributed by atoms with E-state index in [1.165, 1.54) is 11.3 Å². The third-order valence-electron chi connectivity index (χ3n) is 1.38. The summed E-state index contributed by atoms with van der Waals surface area (Å²) in [6.07, 6.45) is 4.98. The molecule has 0 aliphatic heterocycles. The maximum absolute atomic E-state index is 5.09. The SMILES string of the molecule is S=C1CC=Cc2s[c]nc21. The predicted molar refractivity (Wildman–Crippen MR) is 46.3 cm³/mol. The van der Waals surface area contributed by atoms with E-state index < -0.39 is 0 Å².